The summed E-state index contributed by atoms with van der Waals surface area (Å²) < 4.78 is 0. The number of rotatable bonds is 3. The van der Waals surface area contributed by atoms with E-state index >= 15 is 0 Å². The zero-order valence-electron chi connectivity index (χ0n) is 6.58. The van der Waals surface area contributed by atoms with Crippen LogP contribution in [0.3, 0.4) is 0 Å². The minimum atomic E-state index is 0.00579. The second-order valence-electron chi connectivity index (χ2n) is 2.63. The van der Waals surface area contributed by atoms with Crippen molar-refractivity contribution in [3.8, 4) is 0 Å². The van der Waals surface area contributed by atoms with Gasteiger partial charge in [0.05, 0.1) is 0 Å². The Morgan fingerprint density at radius 3 is 2.82 bits per heavy atom. The molecular formula is C8H13NOS. The minimum absolute atomic E-state index is 0.00579. The summed E-state index contributed by atoms with van der Waals surface area (Å²) in [6.07, 6.45) is 0.650. The molecule has 0 aliphatic heterocycles. The van der Waals surface area contributed by atoms with Crippen molar-refractivity contribution in [3.63, 3.8) is 0 Å². The Balaban J connectivity index is 2.67. The maximum atomic E-state index is 8.65. The van der Waals surface area contributed by atoms with Crippen LogP contribution in [0.5, 0.6) is 0 Å². The lowest BCUT2D eigenvalue weighted by molar-refractivity contribution is 0.276. The van der Waals surface area contributed by atoms with Crippen LogP contribution in [0.25, 0.3) is 0 Å². The Morgan fingerprint density at radius 1 is 1.64 bits per heavy atom. The zero-order chi connectivity index (χ0) is 8.27. The SMILES string of the molecule is Cc1cscc1[C@@H](N)CCO. The summed E-state index contributed by atoms with van der Waals surface area (Å²) in [5, 5.41) is 12.8. The summed E-state index contributed by atoms with van der Waals surface area (Å²) in [4.78, 5) is 0. The third kappa shape index (κ3) is 2.02. The molecule has 0 fully saturated rings. The molecule has 0 saturated heterocycles. The second kappa shape index (κ2) is 3.85. The van der Waals surface area contributed by atoms with Gasteiger partial charge in [0.15, 0.2) is 0 Å². The largest absolute Gasteiger partial charge is 0.396 e. The van der Waals surface area contributed by atoms with Crippen LogP contribution in [0, 0.1) is 6.92 Å². The quantitative estimate of drug-likeness (QED) is 0.723. The van der Waals surface area contributed by atoms with E-state index in [1.807, 2.05) is 6.92 Å². The summed E-state index contributed by atoms with van der Waals surface area (Å²) in [5.74, 6) is 0. The van der Waals surface area contributed by atoms with Gasteiger partial charge in [-0.25, -0.2) is 0 Å². The molecule has 0 unspecified atom stereocenters. The lowest BCUT2D eigenvalue weighted by Gasteiger charge is -2.08. The fourth-order valence-corrected chi connectivity index (χ4v) is 1.96. The van der Waals surface area contributed by atoms with E-state index < -0.39 is 0 Å². The van der Waals surface area contributed by atoms with Crippen molar-refractivity contribution >= 4 is 11.3 Å². The fourth-order valence-electron chi connectivity index (χ4n) is 1.04. The molecule has 0 aromatic carbocycles. The highest BCUT2D eigenvalue weighted by Gasteiger charge is 2.07. The van der Waals surface area contributed by atoms with Gasteiger partial charge in [0.1, 0.15) is 0 Å². The van der Waals surface area contributed by atoms with Gasteiger partial charge in [-0.1, -0.05) is 0 Å². The summed E-state index contributed by atoms with van der Waals surface area (Å²) in [5.41, 5.74) is 8.20. The topological polar surface area (TPSA) is 46.2 Å². The lowest BCUT2D eigenvalue weighted by Crippen LogP contribution is -2.11. The molecule has 1 atom stereocenters. The average Bonchev–Trinajstić information content (AvgIpc) is 2.36. The number of aryl methyl sites for hydroxylation is 1. The normalized spacial score (nSPS) is 13.4. The van der Waals surface area contributed by atoms with Crippen molar-refractivity contribution < 1.29 is 5.11 Å². The second-order valence-corrected chi connectivity index (χ2v) is 3.37. The molecule has 1 aromatic heterocycles. The highest BCUT2D eigenvalue weighted by atomic mass is 32.1. The van der Waals surface area contributed by atoms with E-state index in [-0.39, 0.29) is 12.6 Å². The zero-order valence-corrected chi connectivity index (χ0v) is 7.40. The molecule has 11 heavy (non-hydrogen) atoms. The van der Waals surface area contributed by atoms with E-state index in [9.17, 15) is 0 Å². The van der Waals surface area contributed by atoms with Crippen LogP contribution in [-0.4, -0.2) is 11.7 Å². The Hall–Kier alpha value is -0.380. The third-order valence-corrected chi connectivity index (χ3v) is 2.61. The van der Waals surface area contributed by atoms with E-state index in [1.165, 1.54) is 11.1 Å². The standard InChI is InChI=1S/C8H13NOS/c1-6-4-11-5-7(6)8(9)2-3-10/h4-5,8,10H,2-3,9H2,1H3/t8-/m0/s1. The molecule has 0 saturated carbocycles. The highest BCUT2D eigenvalue weighted by Crippen LogP contribution is 2.21. The van der Waals surface area contributed by atoms with Crippen LogP contribution in [0.2, 0.25) is 0 Å². The Morgan fingerprint density at radius 2 is 2.36 bits per heavy atom. The number of aliphatic hydroxyl groups is 1. The Bertz CT molecular complexity index is 222. The predicted molar refractivity (Wildman–Crippen MR) is 47.7 cm³/mol. The number of hydrogen-bond donors (Lipinski definition) is 2. The molecule has 1 rings (SSSR count). The van der Waals surface area contributed by atoms with Crippen LogP contribution in [0.1, 0.15) is 23.6 Å². The highest BCUT2D eigenvalue weighted by molar-refractivity contribution is 7.08. The van der Waals surface area contributed by atoms with Crippen molar-refractivity contribution in [2.45, 2.75) is 19.4 Å². The van der Waals surface area contributed by atoms with Gasteiger partial charge in [-0.15, -0.1) is 0 Å². The van der Waals surface area contributed by atoms with Crippen LogP contribution >= 0.6 is 11.3 Å². The number of hydrogen-bond acceptors (Lipinski definition) is 3. The van der Waals surface area contributed by atoms with Gasteiger partial charge in [-0.3, -0.25) is 0 Å². The molecule has 2 nitrogen and oxygen atoms in total. The first-order valence-electron chi connectivity index (χ1n) is 3.65. The van der Waals surface area contributed by atoms with Gasteiger partial charge in [-0.2, -0.15) is 11.3 Å². The first-order valence-corrected chi connectivity index (χ1v) is 4.59. The molecule has 0 bridgehead atoms. The summed E-state index contributed by atoms with van der Waals surface area (Å²) in [6, 6.07) is 0.00579. The monoisotopic (exact) mass is 171 g/mol. The lowest BCUT2D eigenvalue weighted by atomic mass is 10.1. The average molecular weight is 171 g/mol. The maximum absolute atomic E-state index is 8.65. The van der Waals surface area contributed by atoms with Gasteiger partial charge >= 0.3 is 0 Å². The molecule has 62 valence electrons. The Kier molecular flexibility index (Phi) is 3.05. The maximum Gasteiger partial charge on any atom is 0.0449 e. The summed E-state index contributed by atoms with van der Waals surface area (Å²) in [7, 11) is 0. The van der Waals surface area contributed by atoms with Crippen molar-refractivity contribution in [1.82, 2.24) is 0 Å². The molecule has 3 N–H and O–H groups in total. The predicted octanol–water partition coefficient (Wildman–Crippen LogP) is 1.44. The number of thiophene rings is 1. The van der Waals surface area contributed by atoms with E-state index in [0.717, 1.165) is 0 Å². The van der Waals surface area contributed by atoms with E-state index in [1.54, 1.807) is 11.3 Å². The molecule has 1 heterocycles. The first-order chi connectivity index (χ1) is 5.25. The smallest absolute Gasteiger partial charge is 0.0449 e. The van der Waals surface area contributed by atoms with Crippen LogP contribution in [0.4, 0.5) is 0 Å². The fraction of sp³-hybridized carbons (Fsp3) is 0.500. The van der Waals surface area contributed by atoms with E-state index in [0.29, 0.717) is 6.42 Å². The van der Waals surface area contributed by atoms with Gasteiger partial charge in [0.2, 0.25) is 0 Å². The Labute approximate surface area is 70.7 Å². The van der Waals surface area contributed by atoms with Gasteiger partial charge < -0.3 is 10.8 Å². The van der Waals surface area contributed by atoms with Crippen molar-refractivity contribution in [1.29, 1.82) is 0 Å². The first kappa shape index (κ1) is 8.71. The number of nitrogens with two attached hydrogens (primary N) is 1. The molecule has 0 radical (unpaired) electrons. The molecule has 0 amide bonds. The summed E-state index contributed by atoms with van der Waals surface area (Å²) >= 11 is 1.66. The van der Waals surface area contributed by atoms with Crippen LogP contribution in [-0.2, 0) is 0 Å². The van der Waals surface area contributed by atoms with E-state index in [4.69, 9.17) is 10.8 Å². The molecule has 3 heteroatoms. The van der Waals surface area contributed by atoms with Gasteiger partial charge in [0, 0.05) is 12.6 Å². The van der Waals surface area contributed by atoms with Gasteiger partial charge in [-0.05, 0) is 35.2 Å². The molecule has 0 aliphatic rings. The van der Waals surface area contributed by atoms with Gasteiger partial charge in [0.25, 0.3) is 0 Å². The van der Waals surface area contributed by atoms with E-state index in [2.05, 4.69) is 10.8 Å². The van der Waals surface area contributed by atoms with Crippen molar-refractivity contribution in [3.05, 3.63) is 21.9 Å². The molecule has 0 aliphatic carbocycles. The van der Waals surface area contributed by atoms with Crippen LogP contribution < -0.4 is 5.73 Å². The van der Waals surface area contributed by atoms with Crippen LogP contribution in [0.15, 0.2) is 10.8 Å². The minimum Gasteiger partial charge on any atom is -0.396 e. The number of aliphatic hydroxyl groups excluding tert-OH is 1. The molecule has 1 aromatic rings. The molecule has 0 spiro atoms. The summed E-state index contributed by atoms with van der Waals surface area (Å²) in [6.45, 7) is 2.21. The van der Waals surface area contributed by atoms with Crippen molar-refractivity contribution in [2.75, 3.05) is 6.61 Å². The third-order valence-electron chi connectivity index (χ3n) is 1.73. The van der Waals surface area contributed by atoms with Crippen molar-refractivity contribution in [2.24, 2.45) is 5.73 Å². The molecular weight excluding hydrogens is 158 g/mol.